The molecule has 0 heterocycles. The number of hydrogen-bond donors (Lipinski definition) is 3. The minimum atomic E-state index is -1.37. The van der Waals surface area contributed by atoms with Crippen LogP contribution in [0.1, 0.15) is 31.1 Å². The zero-order chi connectivity index (χ0) is 11.6. The van der Waals surface area contributed by atoms with E-state index < -0.39 is 17.9 Å². The van der Waals surface area contributed by atoms with Gasteiger partial charge < -0.3 is 15.3 Å². The van der Waals surface area contributed by atoms with E-state index in [1.807, 2.05) is 0 Å². The van der Waals surface area contributed by atoms with Gasteiger partial charge in [-0.3, -0.25) is 0 Å². The second-order valence-corrected chi connectivity index (χ2v) is 2.71. The summed E-state index contributed by atoms with van der Waals surface area (Å²) in [5.74, 6) is -4.12. The first kappa shape index (κ1) is 15.2. The molecule has 0 fully saturated rings. The Bertz CT molecular complexity index is 374. The van der Waals surface area contributed by atoms with Crippen LogP contribution in [0.2, 0.25) is 0 Å². The van der Waals surface area contributed by atoms with Crippen molar-refractivity contribution in [3.63, 3.8) is 0 Å². The van der Waals surface area contributed by atoms with Crippen molar-refractivity contribution in [1.29, 1.82) is 0 Å². The van der Waals surface area contributed by atoms with E-state index in [1.54, 1.807) is 0 Å². The molecular formula is C9H6EuO6. The summed E-state index contributed by atoms with van der Waals surface area (Å²) in [5, 5.41) is 25.8. The summed E-state index contributed by atoms with van der Waals surface area (Å²) >= 11 is 0. The molecule has 1 radical (unpaired) electrons. The van der Waals surface area contributed by atoms with Crippen LogP contribution in [0, 0.1) is 49.4 Å². The number of benzene rings is 1. The fraction of sp³-hybridized carbons (Fsp3) is 0. The topological polar surface area (TPSA) is 112 Å². The first-order valence-corrected chi connectivity index (χ1v) is 3.77. The average molecular weight is 362 g/mol. The quantitative estimate of drug-likeness (QED) is 0.733. The van der Waals surface area contributed by atoms with Crippen LogP contribution < -0.4 is 0 Å². The minimum Gasteiger partial charge on any atom is -0.478 e. The van der Waals surface area contributed by atoms with Gasteiger partial charge in [0.25, 0.3) is 0 Å². The zero-order valence-electron chi connectivity index (χ0n) is 7.68. The Balaban J connectivity index is 0.00000225. The van der Waals surface area contributed by atoms with Crippen LogP contribution in [0.5, 0.6) is 0 Å². The fourth-order valence-corrected chi connectivity index (χ4v) is 0.998. The standard InChI is InChI=1S/C9H6O6.Eu/c10-7(11)4-1-5(8(12)13)3-6(2-4)9(14)15;/h1-3H,(H,10,11)(H,12,13)(H,14,15);. The van der Waals surface area contributed by atoms with Crippen molar-refractivity contribution in [3.05, 3.63) is 34.9 Å². The third-order valence-electron chi connectivity index (χ3n) is 1.67. The van der Waals surface area contributed by atoms with Crippen LogP contribution in [0.15, 0.2) is 18.2 Å². The summed E-state index contributed by atoms with van der Waals surface area (Å²) in [6, 6.07) is 2.70. The van der Waals surface area contributed by atoms with Crippen LogP contribution in [-0.2, 0) is 0 Å². The van der Waals surface area contributed by atoms with Crippen molar-refractivity contribution in [2.24, 2.45) is 0 Å². The molecule has 1 rings (SSSR count). The van der Waals surface area contributed by atoms with Gasteiger partial charge >= 0.3 is 17.9 Å². The molecule has 0 saturated heterocycles. The van der Waals surface area contributed by atoms with Crippen molar-refractivity contribution in [2.75, 3.05) is 0 Å². The smallest absolute Gasteiger partial charge is 0.335 e. The number of rotatable bonds is 3. The summed E-state index contributed by atoms with van der Waals surface area (Å²) in [4.78, 5) is 31.7. The molecule has 85 valence electrons. The molecule has 0 unspecified atom stereocenters. The molecule has 6 nitrogen and oxygen atoms in total. The molecule has 3 N–H and O–H groups in total. The van der Waals surface area contributed by atoms with E-state index in [9.17, 15) is 14.4 Å². The van der Waals surface area contributed by atoms with E-state index in [0.29, 0.717) is 0 Å². The molecule has 7 heteroatoms. The Kier molecular flexibility index (Phi) is 5.78. The summed E-state index contributed by atoms with van der Waals surface area (Å²) in [5.41, 5.74) is -1.10. The summed E-state index contributed by atoms with van der Waals surface area (Å²) in [7, 11) is 0. The number of hydrogen-bond acceptors (Lipinski definition) is 3. The van der Waals surface area contributed by atoms with E-state index in [2.05, 4.69) is 0 Å². The number of aromatic carboxylic acids is 3. The van der Waals surface area contributed by atoms with Gasteiger partial charge in [0.15, 0.2) is 0 Å². The molecule has 0 aliphatic rings. The number of carboxylic acids is 3. The fourth-order valence-electron chi connectivity index (χ4n) is 0.998. The van der Waals surface area contributed by atoms with E-state index in [1.165, 1.54) is 0 Å². The first-order valence-electron chi connectivity index (χ1n) is 3.77. The summed E-state index contributed by atoms with van der Waals surface area (Å²) in [6.45, 7) is 0. The third kappa shape index (κ3) is 3.66. The molecule has 0 spiro atoms. The minimum absolute atomic E-state index is 0. The molecule has 0 amide bonds. The van der Waals surface area contributed by atoms with E-state index in [0.717, 1.165) is 18.2 Å². The van der Waals surface area contributed by atoms with Gasteiger partial charge in [0.1, 0.15) is 0 Å². The molecule has 16 heavy (non-hydrogen) atoms. The molecule has 1 aromatic carbocycles. The second-order valence-electron chi connectivity index (χ2n) is 2.71. The second kappa shape index (κ2) is 6.07. The van der Waals surface area contributed by atoms with Gasteiger partial charge in [-0.05, 0) is 18.2 Å². The molecule has 0 bridgehead atoms. The van der Waals surface area contributed by atoms with Gasteiger partial charge in [0, 0.05) is 49.4 Å². The monoisotopic (exact) mass is 363 g/mol. The zero-order valence-corrected chi connectivity index (χ0v) is 10.1. The van der Waals surface area contributed by atoms with Crippen LogP contribution in [-0.4, -0.2) is 33.2 Å². The SMILES string of the molecule is O=C(O)c1cc(C(=O)O)cc(C(=O)O)c1.[Eu]. The summed E-state index contributed by atoms with van der Waals surface area (Å²) < 4.78 is 0. The van der Waals surface area contributed by atoms with Gasteiger partial charge in [-0.25, -0.2) is 14.4 Å². The largest absolute Gasteiger partial charge is 0.478 e. The number of carbonyl (C=O) groups is 3. The molecule has 0 aliphatic heterocycles. The Morgan fingerprint density at radius 3 is 1.00 bits per heavy atom. The van der Waals surface area contributed by atoms with Crippen LogP contribution in [0.3, 0.4) is 0 Å². The Morgan fingerprint density at radius 2 is 0.875 bits per heavy atom. The van der Waals surface area contributed by atoms with Gasteiger partial charge in [0.2, 0.25) is 0 Å². The van der Waals surface area contributed by atoms with Crippen LogP contribution >= 0.6 is 0 Å². The van der Waals surface area contributed by atoms with Crippen molar-refractivity contribution in [3.8, 4) is 0 Å². The Morgan fingerprint density at radius 1 is 0.688 bits per heavy atom. The molecule has 0 saturated carbocycles. The number of carboxylic acid groups (broad SMARTS) is 3. The maximum Gasteiger partial charge on any atom is 0.335 e. The Labute approximate surface area is 130 Å². The molecule has 0 aliphatic carbocycles. The van der Waals surface area contributed by atoms with Gasteiger partial charge in [0.05, 0.1) is 16.7 Å². The average Bonchev–Trinajstić information content (AvgIpc) is 2.16. The van der Waals surface area contributed by atoms with Crippen molar-refractivity contribution in [2.45, 2.75) is 0 Å². The molecule has 0 aromatic heterocycles. The van der Waals surface area contributed by atoms with Gasteiger partial charge in [-0.2, -0.15) is 0 Å². The normalized spacial score (nSPS) is 9.00. The van der Waals surface area contributed by atoms with Crippen molar-refractivity contribution >= 4 is 17.9 Å². The van der Waals surface area contributed by atoms with Crippen molar-refractivity contribution < 1.29 is 79.1 Å². The van der Waals surface area contributed by atoms with Gasteiger partial charge in [-0.15, -0.1) is 0 Å². The first-order chi connectivity index (χ1) is 6.91. The summed E-state index contributed by atoms with van der Waals surface area (Å²) in [6.07, 6.45) is 0. The molecular weight excluding hydrogens is 356 g/mol. The van der Waals surface area contributed by atoms with Crippen LogP contribution in [0.4, 0.5) is 0 Å². The predicted octanol–water partition coefficient (Wildman–Crippen LogP) is 0.781. The van der Waals surface area contributed by atoms with Crippen molar-refractivity contribution in [1.82, 2.24) is 0 Å². The van der Waals surface area contributed by atoms with Crippen LogP contribution in [0.25, 0.3) is 0 Å². The van der Waals surface area contributed by atoms with Gasteiger partial charge in [-0.1, -0.05) is 0 Å². The van der Waals surface area contributed by atoms with E-state index in [4.69, 9.17) is 15.3 Å². The maximum atomic E-state index is 10.6. The Hall–Kier alpha value is -0.786. The maximum absolute atomic E-state index is 10.6. The molecule has 1 aromatic rings. The molecule has 0 atom stereocenters. The van der Waals surface area contributed by atoms with E-state index >= 15 is 0 Å². The third-order valence-corrected chi connectivity index (χ3v) is 1.67. The van der Waals surface area contributed by atoms with E-state index in [-0.39, 0.29) is 66.1 Å². The predicted molar refractivity (Wildman–Crippen MR) is 47.3 cm³/mol.